The lowest BCUT2D eigenvalue weighted by atomic mass is 9.77. The number of carbonyl (C=O) groups excluding carboxylic acids is 1. The van der Waals surface area contributed by atoms with Gasteiger partial charge in [-0.05, 0) is 30.5 Å². The third-order valence-corrected chi connectivity index (χ3v) is 4.51. The molecule has 0 aliphatic heterocycles. The van der Waals surface area contributed by atoms with Gasteiger partial charge in [0.05, 0.1) is 5.41 Å². The molecule has 1 aromatic carbocycles. The lowest BCUT2D eigenvalue weighted by Crippen LogP contribution is -2.45. The number of carbonyl (C=O) groups is 2. The Bertz CT molecular complexity index is 506. The van der Waals surface area contributed by atoms with Crippen molar-refractivity contribution in [2.24, 2.45) is 0 Å². The van der Waals surface area contributed by atoms with Crippen LogP contribution in [0.4, 0.5) is 0 Å². The van der Waals surface area contributed by atoms with E-state index in [4.69, 9.17) is 5.11 Å². The molecule has 1 saturated carbocycles. The third-order valence-electron chi connectivity index (χ3n) is 3.98. The number of carboxylic acids is 1. The van der Waals surface area contributed by atoms with Crippen molar-refractivity contribution in [3.63, 3.8) is 0 Å². The molecule has 1 aliphatic rings. The van der Waals surface area contributed by atoms with E-state index in [1.54, 1.807) is 7.05 Å². The Morgan fingerprint density at radius 3 is 2.30 bits per heavy atom. The van der Waals surface area contributed by atoms with Crippen molar-refractivity contribution in [3.05, 3.63) is 34.3 Å². The number of nitrogens with zero attached hydrogens (tertiary/aromatic N) is 1. The fraction of sp³-hybridized carbons (Fsp3) is 0.467. The molecule has 0 atom stereocenters. The molecule has 5 heteroatoms. The molecule has 0 heterocycles. The molecular formula is C15H18BrNO3. The highest BCUT2D eigenvalue weighted by Gasteiger charge is 2.44. The average molecular weight is 340 g/mol. The van der Waals surface area contributed by atoms with Crippen molar-refractivity contribution in [2.45, 2.75) is 31.1 Å². The third kappa shape index (κ3) is 2.87. The lowest BCUT2D eigenvalue weighted by Gasteiger charge is -2.32. The van der Waals surface area contributed by atoms with Crippen LogP contribution in [0.1, 0.15) is 31.2 Å². The summed E-state index contributed by atoms with van der Waals surface area (Å²) < 4.78 is 0.973. The molecule has 1 amide bonds. The van der Waals surface area contributed by atoms with Gasteiger partial charge >= 0.3 is 5.97 Å². The Labute approximate surface area is 126 Å². The minimum absolute atomic E-state index is 0.0836. The van der Waals surface area contributed by atoms with E-state index in [2.05, 4.69) is 15.9 Å². The van der Waals surface area contributed by atoms with Crippen LogP contribution in [-0.4, -0.2) is 35.5 Å². The average Bonchev–Trinajstić information content (AvgIpc) is 2.88. The Hall–Kier alpha value is -1.36. The van der Waals surface area contributed by atoms with Crippen LogP contribution in [0.3, 0.4) is 0 Å². The monoisotopic (exact) mass is 339 g/mol. The summed E-state index contributed by atoms with van der Waals surface area (Å²) in [6.07, 6.45) is 3.58. The molecule has 0 unspecified atom stereocenters. The van der Waals surface area contributed by atoms with Crippen molar-refractivity contribution in [3.8, 4) is 0 Å². The standard InChI is InChI=1S/C15H18BrNO3/c1-17(10-13(18)19)14(20)15(8-2-3-9-15)11-4-6-12(16)7-5-11/h4-7H,2-3,8-10H2,1H3,(H,18,19). The summed E-state index contributed by atoms with van der Waals surface area (Å²) in [4.78, 5) is 24.9. The number of carboxylic acid groups (broad SMARTS) is 1. The van der Waals surface area contributed by atoms with Gasteiger partial charge in [-0.15, -0.1) is 0 Å². The molecule has 0 radical (unpaired) electrons. The van der Waals surface area contributed by atoms with Gasteiger partial charge in [0.2, 0.25) is 5.91 Å². The van der Waals surface area contributed by atoms with Gasteiger partial charge in [0, 0.05) is 11.5 Å². The van der Waals surface area contributed by atoms with Gasteiger partial charge in [0.15, 0.2) is 0 Å². The predicted octanol–water partition coefficient (Wildman–Crippen LogP) is 2.80. The van der Waals surface area contributed by atoms with Crippen molar-refractivity contribution in [1.82, 2.24) is 4.90 Å². The smallest absolute Gasteiger partial charge is 0.323 e. The normalized spacial score (nSPS) is 16.9. The Morgan fingerprint density at radius 1 is 1.25 bits per heavy atom. The van der Waals surface area contributed by atoms with E-state index in [9.17, 15) is 9.59 Å². The van der Waals surface area contributed by atoms with Gasteiger partial charge in [-0.3, -0.25) is 9.59 Å². The lowest BCUT2D eigenvalue weighted by molar-refractivity contribution is -0.146. The van der Waals surface area contributed by atoms with E-state index in [1.165, 1.54) is 4.90 Å². The van der Waals surface area contributed by atoms with Crippen molar-refractivity contribution in [1.29, 1.82) is 0 Å². The van der Waals surface area contributed by atoms with E-state index in [0.717, 1.165) is 35.7 Å². The van der Waals surface area contributed by atoms with Gasteiger partial charge < -0.3 is 10.0 Å². The Balaban J connectivity index is 2.32. The van der Waals surface area contributed by atoms with Gasteiger partial charge in [-0.2, -0.15) is 0 Å². The molecular weight excluding hydrogens is 322 g/mol. The van der Waals surface area contributed by atoms with Gasteiger partial charge in [-0.25, -0.2) is 0 Å². The van der Waals surface area contributed by atoms with Crippen molar-refractivity contribution in [2.75, 3.05) is 13.6 Å². The first kappa shape index (κ1) is 15.0. The number of hydrogen-bond donors (Lipinski definition) is 1. The van der Waals surface area contributed by atoms with E-state index in [0.29, 0.717) is 0 Å². The molecule has 0 spiro atoms. The van der Waals surface area contributed by atoms with Crippen LogP contribution in [0.15, 0.2) is 28.7 Å². The van der Waals surface area contributed by atoms with Crippen molar-refractivity contribution >= 4 is 27.8 Å². The Kier molecular flexibility index (Phi) is 4.48. The summed E-state index contributed by atoms with van der Waals surface area (Å²) in [5, 5.41) is 8.87. The quantitative estimate of drug-likeness (QED) is 0.917. The summed E-state index contributed by atoms with van der Waals surface area (Å²) in [5.74, 6) is -1.07. The highest BCUT2D eigenvalue weighted by atomic mass is 79.9. The summed E-state index contributed by atoms with van der Waals surface area (Å²) in [6.45, 7) is -0.253. The predicted molar refractivity (Wildman–Crippen MR) is 79.6 cm³/mol. The number of likely N-dealkylation sites (N-methyl/N-ethyl adjacent to an activating group) is 1. The first-order chi connectivity index (χ1) is 9.45. The van der Waals surface area contributed by atoms with Crippen LogP contribution in [0.2, 0.25) is 0 Å². The number of hydrogen-bond acceptors (Lipinski definition) is 2. The molecule has 1 aliphatic carbocycles. The maximum absolute atomic E-state index is 12.7. The zero-order chi connectivity index (χ0) is 14.8. The van der Waals surface area contributed by atoms with Crippen LogP contribution < -0.4 is 0 Å². The van der Waals surface area contributed by atoms with E-state index in [1.807, 2.05) is 24.3 Å². The van der Waals surface area contributed by atoms with E-state index in [-0.39, 0.29) is 12.5 Å². The SMILES string of the molecule is CN(CC(=O)O)C(=O)C1(c2ccc(Br)cc2)CCCC1. The van der Waals surface area contributed by atoms with E-state index >= 15 is 0 Å². The number of aliphatic carboxylic acids is 1. The molecule has 0 aromatic heterocycles. The maximum Gasteiger partial charge on any atom is 0.323 e. The summed E-state index contributed by atoms with van der Waals surface area (Å²) in [7, 11) is 1.56. The highest BCUT2D eigenvalue weighted by Crippen LogP contribution is 2.42. The second-order valence-corrected chi connectivity index (χ2v) is 6.27. The fourth-order valence-corrected chi connectivity index (χ4v) is 3.28. The molecule has 108 valence electrons. The largest absolute Gasteiger partial charge is 0.480 e. The van der Waals surface area contributed by atoms with Crippen LogP contribution in [0.5, 0.6) is 0 Å². The van der Waals surface area contributed by atoms with E-state index < -0.39 is 11.4 Å². The summed E-state index contributed by atoms with van der Waals surface area (Å²) in [6, 6.07) is 7.78. The number of rotatable bonds is 4. The molecule has 1 fully saturated rings. The number of benzene rings is 1. The summed E-state index contributed by atoms with van der Waals surface area (Å²) >= 11 is 3.40. The summed E-state index contributed by atoms with van der Waals surface area (Å²) in [5.41, 5.74) is 0.436. The van der Waals surface area contributed by atoms with Crippen LogP contribution in [0, 0.1) is 0 Å². The number of halogens is 1. The van der Waals surface area contributed by atoms with Crippen LogP contribution in [0.25, 0.3) is 0 Å². The highest BCUT2D eigenvalue weighted by molar-refractivity contribution is 9.10. The molecule has 4 nitrogen and oxygen atoms in total. The molecule has 0 bridgehead atoms. The number of amides is 1. The fourth-order valence-electron chi connectivity index (χ4n) is 3.01. The molecule has 2 rings (SSSR count). The molecule has 1 aromatic rings. The zero-order valence-electron chi connectivity index (χ0n) is 11.4. The van der Waals surface area contributed by atoms with Gasteiger partial charge in [0.25, 0.3) is 0 Å². The topological polar surface area (TPSA) is 57.6 Å². The van der Waals surface area contributed by atoms with Gasteiger partial charge in [-0.1, -0.05) is 40.9 Å². The second-order valence-electron chi connectivity index (χ2n) is 5.35. The van der Waals surface area contributed by atoms with Crippen LogP contribution >= 0.6 is 15.9 Å². The molecule has 20 heavy (non-hydrogen) atoms. The molecule has 1 N–H and O–H groups in total. The second kappa shape index (κ2) is 5.95. The molecule has 0 saturated heterocycles. The minimum atomic E-state index is -0.982. The maximum atomic E-state index is 12.7. The zero-order valence-corrected chi connectivity index (χ0v) is 13.0. The minimum Gasteiger partial charge on any atom is -0.480 e. The van der Waals surface area contributed by atoms with Crippen molar-refractivity contribution < 1.29 is 14.7 Å². The van der Waals surface area contributed by atoms with Crippen LogP contribution in [-0.2, 0) is 15.0 Å². The first-order valence-electron chi connectivity index (χ1n) is 6.69. The Morgan fingerprint density at radius 2 is 1.80 bits per heavy atom. The first-order valence-corrected chi connectivity index (χ1v) is 7.48. The van der Waals surface area contributed by atoms with Gasteiger partial charge in [0.1, 0.15) is 6.54 Å².